The summed E-state index contributed by atoms with van der Waals surface area (Å²) >= 11 is 1.66. The number of hydrogen-bond donors (Lipinski definition) is 1. The maximum absolute atomic E-state index is 13.7. The van der Waals surface area contributed by atoms with Gasteiger partial charge < -0.3 is 24.3 Å². The molecule has 0 bridgehead atoms. The summed E-state index contributed by atoms with van der Waals surface area (Å²) in [6, 6.07) is 9.60. The van der Waals surface area contributed by atoms with Gasteiger partial charge in [0.2, 0.25) is 0 Å². The molecule has 0 spiro atoms. The van der Waals surface area contributed by atoms with Gasteiger partial charge in [-0.25, -0.2) is 4.79 Å². The van der Waals surface area contributed by atoms with Gasteiger partial charge >= 0.3 is 5.97 Å². The van der Waals surface area contributed by atoms with Gasteiger partial charge in [-0.05, 0) is 44.7 Å². The van der Waals surface area contributed by atoms with Crippen molar-refractivity contribution in [2.75, 3.05) is 27.4 Å². The molecular weight excluding hydrogens is 478 g/mol. The molecule has 0 saturated heterocycles. The molecule has 0 unspecified atom stereocenters. The number of benzene rings is 1. The van der Waals surface area contributed by atoms with Gasteiger partial charge in [0.1, 0.15) is 6.61 Å². The van der Waals surface area contributed by atoms with Crippen molar-refractivity contribution in [1.82, 2.24) is 5.32 Å². The number of methoxy groups -OCH3 is 2. The van der Waals surface area contributed by atoms with Gasteiger partial charge in [0.15, 0.2) is 17.3 Å². The van der Waals surface area contributed by atoms with Gasteiger partial charge in [0, 0.05) is 39.7 Å². The molecule has 2 aromatic rings. The summed E-state index contributed by atoms with van der Waals surface area (Å²) in [7, 11) is 3.13. The number of esters is 1. The lowest BCUT2D eigenvalue weighted by atomic mass is 9.72. The van der Waals surface area contributed by atoms with E-state index in [1.54, 1.807) is 31.6 Å². The number of rotatable bonds is 9. The summed E-state index contributed by atoms with van der Waals surface area (Å²) in [5.41, 5.74) is 3.19. The molecule has 0 radical (unpaired) electrons. The predicted molar refractivity (Wildman–Crippen MR) is 138 cm³/mol. The number of ether oxygens (including phenoxy) is 4. The van der Waals surface area contributed by atoms with Crippen LogP contribution >= 0.6 is 11.3 Å². The molecule has 0 amide bonds. The van der Waals surface area contributed by atoms with Crippen LogP contribution < -0.4 is 14.8 Å². The lowest BCUT2D eigenvalue weighted by Crippen LogP contribution is -2.36. The molecule has 2 aliphatic rings. The second-order valence-corrected chi connectivity index (χ2v) is 10.2. The third kappa shape index (κ3) is 5.20. The highest BCUT2D eigenvalue weighted by Gasteiger charge is 2.43. The van der Waals surface area contributed by atoms with Crippen molar-refractivity contribution < 1.29 is 28.5 Å². The van der Waals surface area contributed by atoms with E-state index >= 15 is 0 Å². The van der Waals surface area contributed by atoms with E-state index in [4.69, 9.17) is 18.9 Å². The van der Waals surface area contributed by atoms with E-state index in [0.717, 1.165) is 5.70 Å². The zero-order valence-electron chi connectivity index (χ0n) is 21.4. The molecule has 4 rings (SSSR count). The van der Waals surface area contributed by atoms with E-state index in [1.165, 1.54) is 4.88 Å². The van der Waals surface area contributed by atoms with Crippen molar-refractivity contribution in [1.29, 1.82) is 0 Å². The Kier molecular flexibility index (Phi) is 8.16. The molecule has 1 aliphatic carbocycles. The number of para-hydroxylation sites is 1. The number of allylic oxidation sites excluding steroid dienone is 3. The Morgan fingerprint density at radius 2 is 1.92 bits per heavy atom. The largest absolute Gasteiger partial charge is 0.493 e. The molecule has 2 atom stereocenters. The molecule has 1 aromatic heterocycles. The first kappa shape index (κ1) is 26.0. The summed E-state index contributed by atoms with van der Waals surface area (Å²) in [5.74, 6) is 0.0203. The van der Waals surface area contributed by atoms with Crippen LogP contribution in [0.1, 0.15) is 55.9 Å². The Balaban J connectivity index is 1.77. The zero-order chi connectivity index (χ0) is 25.8. The van der Waals surface area contributed by atoms with Crippen LogP contribution in [0.2, 0.25) is 0 Å². The monoisotopic (exact) mass is 511 g/mol. The van der Waals surface area contributed by atoms with E-state index in [-0.39, 0.29) is 24.4 Å². The van der Waals surface area contributed by atoms with E-state index in [0.29, 0.717) is 53.4 Å². The molecule has 8 heteroatoms. The zero-order valence-corrected chi connectivity index (χ0v) is 22.2. The minimum absolute atomic E-state index is 0.0120. The molecule has 1 aliphatic heterocycles. The van der Waals surface area contributed by atoms with Crippen molar-refractivity contribution in [2.45, 2.75) is 51.6 Å². The Bertz CT molecular complexity index is 1180. The smallest absolute Gasteiger partial charge is 0.336 e. The number of carbonyl (C=O) groups excluding carboxylic acids is 2. The predicted octanol–water partition coefficient (Wildman–Crippen LogP) is 5.10. The van der Waals surface area contributed by atoms with E-state index in [1.807, 2.05) is 44.4 Å². The van der Waals surface area contributed by atoms with Gasteiger partial charge in [-0.3, -0.25) is 4.79 Å². The lowest BCUT2D eigenvalue weighted by Gasteiger charge is -2.37. The maximum atomic E-state index is 13.7. The second kappa shape index (κ2) is 11.3. The molecule has 0 saturated carbocycles. The third-order valence-corrected chi connectivity index (χ3v) is 7.54. The van der Waals surface area contributed by atoms with Crippen molar-refractivity contribution in [3.05, 3.63) is 68.7 Å². The first-order valence-electron chi connectivity index (χ1n) is 12.1. The number of dihydropyridines is 1. The van der Waals surface area contributed by atoms with E-state index in [9.17, 15) is 9.59 Å². The average molecular weight is 512 g/mol. The topological polar surface area (TPSA) is 83.1 Å². The van der Waals surface area contributed by atoms with Crippen molar-refractivity contribution >= 4 is 23.1 Å². The Labute approximate surface area is 216 Å². The lowest BCUT2D eigenvalue weighted by molar-refractivity contribution is -0.141. The summed E-state index contributed by atoms with van der Waals surface area (Å²) in [4.78, 5) is 28.3. The fourth-order valence-corrected chi connectivity index (χ4v) is 5.81. The number of thiophene rings is 1. The van der Waals surface area contributed by atoms with E-state index < -0.39 is 11.9 Å². The average Bonchev–Trinajstić information content (AvgIpc) is 3.40. The van der Waals surface area contributed by atoms with Crippen LogP contribution in [0.4, 0.5) is 0 Å². The fraction of sp³-hybridized carbons (Fsp3) is 0.429. The van der Waals surface area contributed by atoms with Gasteiger partial charge in [-0.2, -0.15) is 0 Å². The summed E-state index contributed by atoms with van der Waals surface area (Å²) < 4.78 is 22.4. The molecule has 1 aromatic carbocycles. The van der Waals surface area contributed by atoms with Crippen LogP contribution in [-0.2, 0) is 19.1 Å². The van der Waals surface area contributed by atoms with E-state index in [2.05, 4.69) is 11.4 Å². The number of hydrogen-bond acceptors (Lipinski definition) is 8. The fourth-order valence-electron chi connectivity index (χ4n) is 4.98. The summed E-state index contributed by atoms with van der Waals surface area (Å²) in [6.45, 7) is 6.12. The molecule has 2 heterocycles. The normalized spacial score (nSPS) is 19.8. The van der Waals surface area contributed by atoms with Crippen LogP contribution in [0.5, 0.6) is 11.5 Å². The first-order valence-corrected chi connectivity index (χ1v) is 13.0. The van der Waals surface area contributed by atoms with Crippen molar-refractivity contribution in [2.24, 2.45) is 0 Å². The van der Waals surface area contributed by atoms with Crippen LogP contribution in [0.3, 0.4) is 0 Å². The Morgan fingerprint density at radius 1 is 1.11 bits per heavy atom. The molecule has 36 heavy (non-hydrogen) atoms. The van der Waals surface area contributed by atoms with Crippen LogP contribution in [-0.4, -0.2) is 45.3 Å². The van der Waals surface area contributed by atoms with Gasteiger partial charge in [-0.15, -0.1) is 11.3 Å². The first-order chi connectivity index (χ1) is 17.3. The summed E-state index contributed by atoms with van der Waals surface area (Å²) in [6.07, 6.45) is 1.11. The number of ketones is 1. The number of nitrogens with one attached hydrogen (secondary N) is 1. The minimum atomic E-state index is -0.637. The van der Waals surface area contributed by atoms with Gasteiger partial charge in [0.05, 0.1) is 38.4 Å². The van der Waals surface area contributed by atoms with Crippen LogP contribution in [0.15, 0.2) is 58.3 Å². The second-order valence-electron chi connectivity index (χ2n) is 9.17. The Hall–Kier alpha value is -3.10. The third-order valence-electron chi connectivity index (χ3n) is 6.51. The molecule has 192 valence electrons. The molecule has 0 fully saturated rings. The SMILES string of the molecule is COc1cccc([C@H]2C(C(=O)OCCOC(C)C)=C(C)NC3=C2C(=O)C[C@@H](c2cccs2)C3)c1OC. The van der Waals surface area contributed by atoms with Gasteiger partial charge in [0.25, 0.3) is 0 Å². The quantitative estimate of drug-likeness (QED) is 0.371. The molecular formula is C28H33NO6S. The standard InChI is InChI=1S/C28H33NO6S/c1-16(2)34-11-12-35-28(31)24-17(3)29-20-14-18(23-10-7-13-36-23)15-21(30)26(20)25(24)19-8-6-9-22(32-4)27(19)33-5/h6-10,13,16,18,25,29H,11-12,14-15H2,1-5H3/t18-,25-/m0/s1. The number of Topliss-reactive ketones (excluding diaryl/α,β-unsaturated/α-hetero) is 1. The molecule has 1 N–H and O–H groups in total. The highest BCUT2D eigenvalue weighted by atomic mass is 32.1. The minimum Gasteiger partial charge on any atom is -0.493 e. The summed E-state index contributed by atoms with van der Waals surface area (Å²) in [5, 5.41) is 5.42. The number of carbonyl (C=O) groups is 2. The van der Waals surface area contributed by atoms with Crippen molar-refractivity contribution in [3.8, 4) is 11.5 Å². The maximum Gasteiger partial charge on any atom is 0.336 e. The van der Waals surface area contributed by atoms with Crippen molar-refractivity contribution in [3.63, 3.8) is 0 Å². The molecule has 7 nitrogen and oxygen atoms in total. The highest BCUT2D eigenvalue weighted by molar-refractivity contribution is 7.10. The highest BCUT2D eigenvalue weighted by Crippen LogP contribution is 2.49. The van der Waals surface area contributed by atoms with Crippen LogP contribution in [0.25, 0.3) is 0 Å². The van der Waals surface area contributed by atoms with Crippen LogP contribution in [0, 0.1) is 0 Å². The Morgan fingerprint density at radius 3 is 2.58 bits per heavy atom. The van der Waals surface area contributed by atoms with Gasteiger partial charge in [-0.1, -0.05) is 18.2 Å².